The van der Waals surface area contributed by atoms with Gasteiger partial charge < -0.3 is 5.11 Å². The minimum absolute atomic E-state index is 0.0395. The maximum atomic E-state index is 13.8. The molecule has 3 aromatic rings. The van der Waals surface area contributed by atoms with Crippen LogP contribution >= 0.6 is 0 Å². The third kappa shape index (κ3) is 1.84. The van der Waals surface area contributed by atoms with Crippen molar-refractivity contribution in [2.75, 3.05) is 4.90 Å². The number of hydrogen-bond acceptors (Lipinski definition) is 3. The highest BCUT2D eigenvalue weighted by molar-refractivity contribution is 6.25. The Morgan fingerprint density at radius 1 is 0.828 bits per heavy atom. The van der Waals surface area contributed by atoms with Crippen LogP contribution in [0.25, 0.3) is 0 Å². The fourth-order valence-corrected chi connectivity index (χ4v) is 5.99. The molecule has 4 heteroatoms. The summed E-state index contributed by atoms with van der Waals surface area (Å²) in [5.74, 6) is -1.08. The molecule has 1 N–H and O–H groups in total. The van der Waals surface area contributed by atoms with E-state index in [2.05, 4.69) is 24.3 Å². The van der Waals surface area contributed by atoms with Crippen molar-refractivity contribution in [2.24, 2.45) is 11.3 Å². The van der Waals surface area contributed by atoms with Crippen LogP contribution in [0.5, 0.6) is 5.75 Å². The normalized spacial score (nSPS) is 28.9. The molecule has 4 aliphatic rings. The average Bonchev–Trinajstić information content (AvgIpc) is 2.94. The summed E-state index contributed by atoms with van der Waals surface area (Å²) in [5.41, 5.74) is 4.18. The molecule has 3 aromatic carbocycles. The van der Waals surface area contributed by atoms with Crippen molar-refractivity contribution in [2.45, 2.75) is 18.8 Å². The van der Waals surface area contributed by atoms with Gasteiger partial charge in [-0.1, -0.05) is 54.6 Å². The van der Waals surface area contributed by atoms with Gasteiger partial charge in [-0.05, 0) is 41.3 Å². The van der Waals surface area contributed by atoms with Gasteiger partial charge >= 0.3 is 0 Å². The number of aromatic hydroxyl groups is 1. The topological polar surface area (TPSA) is 57.6 Å². The van der Waals surface area contributed by atoms with Gasteiger partial charge in [0.1, 0.15) is 5.75 Å². The first-order chi connectivity index (χ1) is 14.0. The lowest BCUT2D eigenvalue weighted by molar-refractivity contribution is -0.128. The molecule has 0 radical (unpaired) electrons. The van der Waals surface area contributed by atoms with Crippen LogP contribution in [0.4, 0.5) is 5.69 Å². The number of rotatable bonds is 1. The van der Waals surface area contributed by atoms with Crippen LogP contribution in [-0.4, -0.2) is 16.9 Å². The van der Waals surface area contributed by atoms with Crippen molar-refractivity contribution in [1.29, 1.82) is 0 Å². The summed E-state index contributed by atoms with van der Waals surface area (Å²) in [6.07, 6.45) is 0. The number of anilines is 1. The highest BCUT2D eigenvalue weighted by Crippen LogP contribution is 2.67. The Balaban J connectivity index is 1.63. The Morgan fingerprint density at radius 3 is 2.00 bits per heavy atom. The van der Waals surface area contributed by atoms with Gasteiger partial charge in [-0.3, -0.25) is 9.59 Å². The predicted molar refractivity (Wildman–Crippen MR) is 109 cm³/mol. The van der Waals surface area contributed by atoms with Crippen molar-refractivity contribution in [3.05, 3.63) is 95.1 Å². The fourth-order valence-electron chi connectivity index (χ4n) is 5.99. The molecule has 2 bridgehead atoms. The number of carbonyl (C=O) groups excluding carboxylic acids is 2. The molecular formula is C25H19NO3. The fraction of sp³-hybridized carbons (Fsp3) is 0.200. The van der Waals surface area contributed by atoms with E-state index in [9.17, 15) is 14.7 Å². The van der Waals surface area contributed by atoms with E-state index < -0.39 is 11.3 Å². The summed E-state index contributed by atoms with van der Waals surface area (Å²) in [7, 11) is 0. The molecule has 7 rings (SSSR count). The van der Waals surface area contributed by atoms with Gasteiger partial charge in [-0.2, -0.15) is 0 Å². The van der Waals surface area contributed by atoms with Crippen LogP contribution in [0.1, 0.15) is 41.0 Å². The standard InChI is InChI=1S/C25H19NO3/c1-25-21-18-11-4-2-9-16(18)20(17-10-3-5-12-19(17)21)22(25)23(28)26(24(25)29)14-7-6-8-15(27)13-14/h2-13,20-22,27H,1H3/t20?,21?,22-,25+/m0/s1. The maximum absolute atomic E-state index is 13.8. The number of phenols is 1. The molecule has 0 aromatic heterocycles. The Morgan fingerprint density at radius 2 is 1.41 bits per heavy atom. The molecule has 142 valence electrons. The van der Waals surface area contributed by atoms with Crippen molar-refractivity contribution in [1.82, 2.24) is 0 Å². The number of nitrogens with zero attached hydrogens (tertiary/aromatic N) is 1. The molecule has 2 atom stereocenters. The Kier molecular flexibility index (Phi) is 3.05. The molecule has 2 amide bonds. The molecule has 29 heavy (non-hydrogen) atoms. The number of benzene rings is 3. The summed E-state index contributed by atoms with van der Waals surface area (Å²) in [6, 6.07) is 22.8. The van der Waals surface area contributed by atoms with Crippen molar-refractivity contribution < 1.29 is 14.7 Å². The molecule has 1 fully saturated rings. The van der Waals surface area contributed by atoms with E-state index in [4.69, 9.17) is 0 Å². The lowest BCUT2D eigenvalue weighted by Gasteiger charge is -2.51. The van der Waals surface area contributed by atoms with Gasteiger partial charge in [0.15, 0.2) is 0 Å². The molecule has 1 saturated heterocycles. The minimum atomic E-state index is -0.851. The van der Waals surface area contributed by atoms with E-state index in [1.165, 1.54) is 11.0 Å². The van der Waals surface area contributed by atoms with Crippen LogP contribution in [0.3, 0.4) is 0 Å². The molecule has 0 unspecified atom stereocenters. The van der Waals surface area contributed by atoms with Gasteiger partial charge in [0.2, 0.25) is 11.8 Å². The van der Waals surface area contributed by atoms with Crippen molar-refractivity contribution >= 4 is 17.5 Å². The Bertz CT molecular complexity index is 1170. The molecule has 1 aliphatic heterocycles. The van der Waals surface area contributed by atoms with E-state index in [1.54, 1.807) is 18.2 Å². The summed E-state index contributed by atoms with van der Waals surface area (Å²) in [4.78, 5) is 28.8. The van der Waals surface area contributed by atoms with E-state index in [0.717, 1.165) is 22.3 Å². The SMILES string of the molecule is C[C@]12C(=O)N(c3cccc(O)c3)C(=O)[C@@H]1C1c3ccccc3C2c2ccccc21. The molecule has 1 heterocycles. The first-order valence-corrected chi connectivity index (χ1v) is 9.88. The maximum Gasteiger partial charge on any atom is 0.241 e. The van der Waals surface area contributed by atoms with Gasteiger partial charge in [0.25, 0.3) is 0 Å². The number of amides is 2. The zero-order chi connectivity index (χ0) is 19.9. The van der Waals surface area contributed by atoms with E-state index in [0.29, 0.717) is 5.69 Å². The van der Waals surface area contributed by atoms with Gasteiger partial charge in [-0.15, -0.1) is 0 Å². The lowest BCUT2D eigenvalue weighted by atomic mass is 9.48. The van der Waals surface area contributed by atoms with Crippen LogP contribution in [-0.2, 0) is 9.59 Å². The lowest BCUT2D eigenvalue weighted by Crippen LogP contribution is -2.49. The molecule has 0 saturated carbocycles. The minimum Gasteiger partial charge on any atom is -0.508 e. The highest BCUT2D eigenvalue weighted by atomic mass is 16.3. The van der Waals surface area contributed by atoms with Crippen molar-refractivity contribution in [3.63, 3.8) is 0 Å². The summed E-state index contributed by atoms with van der Waals surface area (Å²) >= 11 is 0. The predicted octanol–water partition coefficient (Wildman–Crippen LogP) is 4.18. The average molecular weight is 381 g/mol. The number of hydrogen-bond donors (Lipinski definition) is 1. The first kappa shape index (κ1) is 16.5. The van der Waals surface area contributed by atoms with Crippen molar-refractivity contribution in [3.8, 4) is 5.75 Å². The van der Waals surface area contributed by atoms with E-state index in [1.807, 2.05) is 31.2 Å². The summed E-state index contributed by atoms with van der Waals surface area (Å²) in [5, 5.41) is 9.92. The van der Waals surface area contributed by atoms with Gasteiger partial charge in [0, 0.05) is 17.9 Å². The second-order valence-corrected chi connectivity index (χ2v) is 8.43. The quantitative estimate of drug-likeness (QED) is 0.644. The summed E-state index contributed by atoms with van der Waals surface area (Å²) < 4.78 is 0. The highest BCUT2D eigenvalue weighted by Gasteiger charge is 2.68. The van der Waals surface area contributed by atoms with Crippen LogP contribution in [0.2, 0.25) is 0 Å². The summed E-state index contributed by atoms with van der Waals surface area (Å²) in [6.45, 7) is 1.95. The number of imide groups is 1. The van der Waals surface area contributed by atoms with Crippen LogP contribution < -0.4 is 4.90 Å². The van der Waals surface area contributed by atoms with Gasteiger partial charge in [0.05, 0.1) is 17.0 Å². The monoisotopic (exact) mass is 381 g/mol. The molecule has 0 spiro atoms. The van der Waals surface area contributed by atoms with Gasteiger partial charge in [-0.25, -0.2) is 4.90 Å². The zero-order valence-electron chi connectivity index (χ0n) is 15.9. The second kappa shape index (κ2) is 5.35. The van der Waals surface area contributed by atoms with Crippen LogP contribution in [0, 0.1) is 11.3 Å². The second-order valence-electron chi connectivity index (χ2n) is 8.43. The third-order valence-electron chi connectivity index (χ3n) is 7.10. The Labute approximate surface area is 168 Å². The largest absolute Gasteiger partial charge is 0.508 e. The smallest absolute Gasteiger partial charge is 0.241 e. The molecule has 4 nitrogen and oxygen atoms in total. The number of phenolic OH excluding ortho intramolecular Hbond substituents is 1. The van der Waals surface area contributed by atoms with Crippen LogP contribution in [0.15, 0.2) is 72.8 Å². The molecular weight excluding hydrogens is 362 g/mol. The molecule has 3 aliphatic carbocycles. The third-order valence-corrected chi connectivity index (χ3v) is 7.10. The first-order valence-electron chi connectivity index (χ1n) is 9.88. The van der Waals surface area contributed by atoms with E-state index in [-0.39, 0.29) is 29.4 Å². The zero-order valence-corrected chi connectivity index (χ0v) is 15.9. The Hall–Kier alpha value is -3.40. The number of carbonyl (C=O) groups is 2. The van der Waals surface area contributed by atoms with E-state index >= 15 is 0 Å².